The van der Waals surface area contributed by atoms with E-state index in [9.17, 15) is 9.90 Å². The Hall–Kier alpha value is -2.29. The molecule has 8 nitrogen and oxygen atoms in total. The van der Waals surface area contributed by atoms with Gasteiger partial charge in [-0.05, 0) is 56.1 Å². The van der Waals surface area contributed by atoms with Gasteiger partial charge in [0.15, 0.2) is 0 Å². The summed E-state index contributed by atoms with van der Waals surface area (Å²) in [5, 5.41) is 13.9. The zero-order chi connectivity index (χ0) is 24.2. The van der Waals surface area contributed by atoms with Crippen LogP contribution in [0.15, 0.2) is 24.3 Å². The van der Waals surface area contributed by atoms with Crippen LogP contribution >= 0.6 is 0 Å². The van der Waals surface area contributed by atoms with Gasteiger partial charge in [0.05, 0.1) is 18.2 Å². The van der Waals surface area contributed by atoms with Crippen LogP contribution in [0, 0.1) is 11.8 Å². The number of aromatic nitrogens is 1. The molecule has 0 radical (unpaired) electrons. The van der Waals surface area contributed by atoms with E-state index in [1.807, 2.05) is 24.3 Å². The van der Waals surface area contributed by atoms with Crippen LogP contribution in [0.25, 0.3) is 10.9 Å². The molecule has 2 aliphatic heterocycles. The number of nitrogens with zero attached hydrogens (tertiary/aromatic N) is 2. The number of rotatable bonds is 8. The summed E-state index contributed by atoms with van der Waals surface area (Å²) in [6.45, 7) is 8.89. The van der Waals surface area contributed by atoms with Gasteiger partial charge < -0.3 is 34.7 Å². The lowest BCUT2D eigenvalue weighted by Gasteiger charge is -2.37. The van der Waals surface area contributed by atoms with Crippen molar-refractivity contribution in [3.63, 3.8) is 0 Å². The number of carbonyl (C=O) groups excluding carboxylic acids is 1. The largest absolute Gasteiger partial charge is 0.493 e. The predicted molar refractivity (Wildman–Crippen MR) is 136 cm³/mol. The molecule has 0 unspecified atom stereocenters. The number of amides is 1. The lowest BCUT2D eigenvalue weighted by molar-refractivity contribution is 0.0302. The van der Waals surface area contributed by atoms with Gasteiger partial charge in [0, 0.05) is 56.8 Å². The second-order valence-corrected chi connectivity index (χ2v) is 10.7. The van der Waals surface area contributed by atoms with E-state index in [2.05, 4.69) is 27.0 Å². The fourth-order valence-corrected chi connectivity index (χ4v) is 5.45. The first kappa shape index (κ1) is 24.4. The van der Waals surface area contributed by atoms with Crippen molar-refractivity contribution < 1.29 is 19.4 Å². The number of aliphatic hydroxyl groups excluding tert-OH is 1. The van der Waals surface area contributed by atoms with E-state index in [0.29, 0.717) is 17.7 Å². The molecule has 2 saturated heterocycles. The smallest absolute Gasteiger partial charge is 0.414 e. The number of nitrogens with one attached hydrogen (secondary N) is 2. The number of aliphatic hydroxyl groups is 1. The van der Waals surface area contributed by atoms with Gasteiger partial charge >= 0.3 is 6.09 Å². The van der Waals surface area contributed by atoms with Gasteiger partial charge in [-0.15, -0.1) is 0 Å². The first-order valence-electron chi connectivity index (χ1n) is 13.4. The molecular weight excluding hydrogens is 444 g/mol. The molecule has 192 valence electrons. The molecule has 3 heterocycles. The minimum Gasteiger partial charge on any atom is -0.493 e. The fourth-order valence-electron chi connectivity index (χ4n) is 5.45. The summed E-state index contributed by atoms with van der Waals surface area (Å²) < 4.78 is 11.6. The van der Waals surface area contributed by atoms with Crippen molar-refractivity contribution in [1.82, 2.24) is 20.1 Å². The van der Waals surface area contributed by atoms with E-state index >= 15 is 0 Å². The summed E-state index contributed by atoms with van der Waals surface area (Å²) in [6.07, 6.45) is 5.97. The van der Waals surface area contributed by atoms with Crippen LogP contribution < -0.4 is 14.8 Å². The van der Waals surface area contributed by atoms with Crippen molar-refractivity contribution >= 4 is 17.0 Å². The Bertz CT molecular complexity index is 983. The van der Waals surface area contributed by atoms with Crippen LogP contribution in [-0.2, 0) is 0 Å². The third-order valence-electron chi connectivity index (χ3n) is 8.09. The monoisotopic (exact) mass is 484 g/mol. The predicted octanol–water partition coefficient (Wildman–Crippen LogP) is 3.60. The first-order valence-corrected chi connectivity index (χ1v) is 13.4. The van der Waals surface area contributed by atoms with E-state index in [0.717, 1.165) is 81.8 Å². The molecule has 0 spiro atoms. The van der Waals surface area contributed by atoms with Gasteiger partial charge in [0.25, 0.3) is 0 Å². The van der Waals surface area contributed by atoms with E-state index in [1.54, 1.807) is 0 Å². The average molecular weight is 485 g/mol. The van der Waals surface area contributed by atoms with Crippen molar-refractivity contribution in [2.24, 2.45) is 11.8 Å². The number of carbonyl (C=O) groups is 1. The van der Waals surface area contributed by atoms with Crippen LogP contribution in [0.3, 0.4) is 0 Å². The molecule has 5 rings (SSSR count). The van der Waals surface area contributed by atoms with E-state index in [4.69, 9.17) is 9.47 Å². The van der Waals surface area contributed by atoms with Gasteiger partial charge in [-0.2, -0.15) is 0 Å². The zero-order valence-electron chi connectivity index (χ0n) is 20.9. The van der Waals surface area contributed by atoms with Crippen molar-refractivity contribution in [1.29, 1.82) is 0 Å². The molecule has 3 aliphatic rings. The number of piperidine rings is 2. The van der Waals surface area contributed by atoms with Gasteiger partial charge in [-0.25, -0.2) is 4.79 Å². The fraction of sp³-hybridized carbons (Fsp3) is 0.667. The standard InChI is InChI=1S/C27H40N4O4/c1-19-17-31(13-10-24(19)32)15-14-30-11-8-21(9-12-30)28-27(33)35-26-16-22-23(29-26)6-3-7-25(22)34-18-20-4-2-5-20/h3,6-7,16,19-21,24,29,32H,2,4-5,8-15,17-18H2,1H3,(H,28,33)/t19-,24-/m0/s1. The number of hydrogen-bond donors (Lipinski definition) is 3. The first-order chi connectivity index (χ1) is 17.0. The van der Waals surface area contributed by atoms with E-state index < -0.39 is 6.09 Å². The Morgan fingerprint density at radius 2 is 1.89 bits per heavy atom. The number of likely N-dealkylation sites (tertiary alicyclic amines) is 2. The molecule has 1 aliphatic carbocycles. The van der Waals surface area contributed by atoms with Crippen LogP contribution in [0.2, 0.25) is 0 Å². The van der Waals surface area contributed by atoms with E-state index in [1.165, 1.54) is 19.3 Å². The molecule has 1 amide bonds. The molecule has 2 atom stereocenters. The Balaban J connectivity index is 1.05. The van der Waals surface area contributed by atoms with Crippen molar-refractivity contribution in [3.05, 3.63) is 24.3 Å². The Kier molecular flexibility index (Phi) is 7.80. The summed E-state index contributed by atoms with van der Waals surface area (Å²) in [4.78, 5) is 20.7. The van der Waals surface area contributed by atoms with Crippen molar-refractivity contribution in [2.45, 2.75) is 57.6 Å². The van der Waals surface area contributed by atoms with Gasteiger partial charge in [0.1, 0.15) is 5.75 Å². The summed E-state index contributed by atoms with van der Waals surface area (Å²) in [7, 11) is 0. The topological polar surface area (TPSA) is 90.1 Å². The van der Waals surface area contributed by atoms with Crippen LogP contribution in [0.1, 0.15) is 45.4 Å². The highest BCUT2D eigenvalue weighted by molar-refractivity contribution is 5.88. The summed E-state index contributed by atoms with van der Waals surface area (Å²) in [5.41, 5.74) is 0.907. The minimum absolute atomic E-state index is 0.134. The minimum atomic E-state index is -0.409. The lowest BCUT2D eigenvalue weighted by Crippen LogP contribution is -2.48. The molecule has 0 bridgehead atoms. The summed E-state index contributed by atoms with van der Waals surface area (Å²) in [6, 6.07) is 7.89. The molecule has 1 saturated carbocycles. The van der Waals surface area contributed by atoms with Crippen LogP contribution in [-0.4, -0.2) is 84.0 Å². The van der Waals surface area contributed by atoms with Crippen LogP contribution in [0.5, 0.6) is 11.6 Å². The number of benzene rings is 1. The maximum atomic E-state index is 12.5. The summed E-state index contributed by atoms with van der Waals surface area (Å²) >= 11 is 0. The lowest BCUT2D eigenvalue weighted by atomic mass is 9.86. The molecular formula is C27H40N4O4. The second kappa shape index (κ2) is 11.2. The normalized spacial score (nSPS) is 24.9. The number of aromatic amines is 1. The van der Waals surface area contributed by atoms with Crippen molar-refractivity contribution in [2.75, 3.05) is 45.9 Å². The molecule has 8 heteroatoms. The zero-order valence-corrected chi connectivity index (χ0v) is 20.9. The highest BCUT2D eigenvalue weighted by atomic mass is 16.6. The maximum absolute atomic E-state index is 12.5. The van der Waals surface area contributed by atoms with Crippen molar-refractivity contribution in [3.8, 4) is 11.6 Å². The molecule has 2 aromatic rings. The highest BCUT2D eigenvalue weighted by Gasteiger charge is 2.26. The number of fused-ring (bicyclic) bond motifs is 1. The van der Waals surface area contributed by atoms with Crippen LogP contribution in [0.4, 0.5) is 4.79 Å². The number of H-pyrrole nitrogens is 1. The van der Waals surface area contributed by atoms with Gasteiger partial charge in [-0.3, -0.25) is 0 Å². The average Bonchev–Trinajstić information content (AvgIpc) is 3.23. The van der Waals surface area contributed by atoms with E-state index in [-0.39, 0.29) is 12.1 Å². The third-order valence-corrected chi connectivity index (χ3v) is 8.09. The Morgan fingerprint density at radius 3 is 2.63 bits per heavy atom. The Morgan fingerprint density at radius 1 is 1.11 bits per heavy atom. The number of hydrogen-bond acceptors (Lipinski definition) is 6. The number of ether oxygens (including phenoxy) is 2. The Labute approximate surface area is 207 Å². The molecule has 1 aromatic heterocycles. The molecule has 1 aromatic carbocycles. The SMILES string of the molecule is C[C@H]1CN(CCN2CCC(NC(=O)Oc3cc4c(OCC5CCC5)cccc4[nH]3)CC2)CC[C@@H]1O. The highest BCUT2D eigenvalue weighted by Crippen LogP contribution is 2.32. The molecule has 3 N–H and O–H groups in total. The van der Waals surface area contributed by atoms with Gasteiger partial charge in [-0.1, -0.05) is 19.4 Å². The second-order valence-electron chi connectivity index (χ2n) is 10.7. The van der Waals surface area contributed by atoms with Gasteiger partial charge in [0.2, 0.25) is 5.88 Å². The maximum Gasteiger partial charge on any atom is 0.414 e. The summed E-state index contributed by atoms with van der Waals surface area (Å²) in [5.74, 6) is 2.30. The quantitative estimate of drug-likeness (QED) is 0.531. The molecule has 3 fully saturated rings. The third kappa shape index (κ3) is 6.29. The molecule has 35 heavy (non-hydrogen) atoms.